The lowest BCUT2D eigenvalue weighted by molar-refractivity contribution is -0.465. The Kier molecular flexibility index (Phi) is 6.08. The molecule has 0 unspecified atom stereocenters. The van der Waals surface area contributed by atoms with Gasteiger partial charge in [0, 0.05) is 11.6 Å². The first-order valence-corrected chi connectivity index (χ1v) is 10.6. The van der Waals surface area contributed by atoms with Crippen LogP contribution in [-0.2, 0) is 19.3 Å². The monoisotopic (exact) mass is 461 g/mol. The molecule has 2 aliphatic heterocycles. The number of nitrogens with zero attached hydrogens (tertiary/aromatic N) is 5. The summed E-state index contributed by atoms with van der Waals surface area (Å²) >= 11 is 0. The van der Waals surface area contributed by atoms with Crippen LogP contribution in [0.4, 0.5) is 11.4 Å². The van der Waals surface area contributed by atoms with E-state index < -0.39 is 11.9 Å². The smallest absolute Gasteiger partial charge is 0.345 e. The lowest BCUT2D eigenvalue weighted by Crippen LogP contribution is -2.29. The zero-order valence-electron chi connectivity index (χ0n) is 19.8. The minimum atomic E-state index is -0.637. The highest BCUT2D eigenvalue weighted by Crippen LogP contribution is 2.31. The molecule has 0 bridgehead atoms. The molecule has 0 radical (unpaired) electrons. The molecule has 2 aromatic carbocycles. The molecule has 0 amide bonds. The summed E-state index contributed by atoms with van der Waals surface area (Å²) in [6.45, 7) is 11.0. The lowest BCUT2D eigenvalue weighted by atomic mass is 10.1. The molecule has 0 aliphatic carbocycles. The van der Waals surface area contributed by atoms with Crippen LogP contribution < -0.4 is 10.6 Å². The number of rotatable bonds is 4. The highest BCUT2D eigenvalue weighted by atomic mass is 16.7. The predicted molar refractivity (Wildman–Crippen MR) is 122 cm³/mol. The van der Waals surface area contributed by atoms with Crippen LogP contribution in [0.2, 0.25) is 0 Å². The van der Waals surface area contributed by atoms with Gasteiger partial charge in [-0.3, -0.25) is 4.84 Å². The number of hydrazine groups is 1. The van der Waals surface area contributed by atoms with Crippen molar-refractivity contribution < 1.29 is 24.0 Å². The Bertz CT molecular complexity index is 1340. The molecule has 2 heterocycles. The minimum absolute atomic E-state index is 0.147. The number of carbonyl (C=O) groups is 2. The maximum Gasteiger partial charge on any atom is 0.439 e. The van der Waals surface area contributed by atoms with E-state index in [1.165, 1.54) is 9.71 Å². The lowest BCUT2D eigenvalue weighted by Gasteiger charge is -2.19. The Labute approximate surface area is 196 Å². The molecule has 0 atom stereocenters. The number of carbonyl (C=O) groups excluding carboxylic acids is 2. The van der Waals surface area contributed by atoms with Crippen molar-refractivity contribution in [3.63, 3.8) is 0 Å². The SMILES string of the molecule is CC(/N=N/C(C)=C1\C(=O)ONN1c1cc(C)ccc1C)=C1\C(=O)ON=[N+]1c1cc(C)ccc1C. The molecule has 2 aromatic rings. The molecule has 0 aromatic heterocycles. The molecule has 1 saturated heterocycles. The van der Waals surface area contributed by atoms with Gasteiger partial charge in [0.1, 0.15) is 5.70 Å². The van der Waals surface area contributed by atoms with Gasteiger partial charge in [-0.15, -0.1) is 5.11 Å². The van der Waals surface area contributed by atoms with Crippen LogP contribution in [0.1, 0.15) is 36.1 Å². The Hall–Kier alpha value is -4.18. The summed E-state index contributed by atoms with van der Waals surface area (Å²) in [6.07, 6.45) is 0. The fraction of sp³-hybridized carbons (Fsp3) is 0.250. The largest absolute Gasteiger partial charge is 0.439 e. The molecule has 2 aliphatic rings. The zero-order valence-corrected chi connectivity index (χ0v) is 19.8. The normalized spacial score (nSPS) is 18.9. The maximum atomic E-state index is 12.5. The summed E-state index contributed by atoms with van der Waals surface area (Å²) < 4.78 is 1.41. The third-order valence-corrected chi connectivity index (χ3v) is 5.49. The van der Waals surface area contributed by atoms with E-state index in [9.17, 15) is 9.59 Å². The van der Waals surface area contributed by atoms with E-state index >= 15 is 0 Å². The first kappa shape index (κ1) is 23.0. The maximum absolute atomic E-state index is 12.5. The molecule has 4 rings (SSSR count). The van der Waals surface area contributed by atoms with E-state index in [1.54, 1.807) is 13.8 Å². The average molecular weight is 462 g/mol. The number of benzene rings is 2. The highest BCUT2D eigenvalue weighted by Gasteiger charge is 2.40. The molecule has 1 N–H and O–H groups in total. The standard InChI is InChI=1S/C24H25N6O4/c1-13-7-9-15(3)19(11-13)29-21(23(31)33-27-29)17(5)25-26-18(6)22-24(32)34-28-30(22)20-12-14(2)8-10-16(20)4/h7-12,27H,1-6H3/q+1/b21-17+,22-18-,26-25+. The van der Waals surface area contributed by atoms with Gasteiger partial charge >= 0.3 is 17.6 Å². The van der Waals surface area contributed by atoms with E-state index in [2.05, 4.69) is 21.1 Å². The van der Waals surface area contributed by atoms with E-state index in [4.69, 9.17) is 9.68 Å². The Morgan fingerprint density at radius 1 is 0.912 bits per heavy atom. The molecule has 1 fully saturated rings. The van der Waals surface area contributed by atoms with Gasteiger partial charge in [-0.25, -0.2) is 14.6 Å². The average Bonchev–Trinajstić information content (AvgIpc) is 3.37. The van der Waals surface area contributed by atoms with Crippen molar-refractivity contribution in [3.8, 4) is 0 Å². The van der Waals surface area contributed by atoms with Crippen LogP contribution in [-0.4, -0.2) is 16.6 Å². The van der Waals surface area contributed by atoms with Crippen molar-refractivity contribution >= 4 is 23.3 Å². The first-order chi connectivity index (χ1) is 16.2. The van der Waals surface area contributed by atoms with Gasteiger partial charge in [-0.05, 0) is 69.0 Å². The van der Waals surface area contributed by atoms with Gasteiger partial charge < -0.3 is 4.84 Å². The molecule has 10 nitrogen and oxygen atoms in total. The van der Waals surface area contributed by atoms with Crippen molar-refractivity contribution in [2.45, 2.75) is 41.5 Å². The third kappa shape index (κ3) is 4.23. The van der Waals surface area contributed by atoms with Crippen LogP contribution >= 0.6 is 0 Å². The van der Waals surface area contributed by atoms with Crippen LogP contribution in [0, 0.1) is 27.7 Å². The van der Waals surface area contributed by atoms with Crippen molar-refractivity contribution in [1.29, 1.82) is 0 Å². The predicted octanol–water partition coefficient (Wildman–Crippen LogP) is 4.89. The van der Waals surface area contributed by atoms with Crippen molar-refractivity contribution in [3.05, 3.63) is 81.4 Å². The number of hydrogen-bond acceptors (Lipinski definition) is 9. The second kappa shape index (κ2) is 8.99. The summed E-state index contributed by atoms with van der Waals surface area (Å²) in [5.41, 5.74) is 8.90. The van der Waals surface area contributed by atoms with Crippen LogP contribution in [0.3, 0.4) is 0 Å². The zero-order chi connectivity index (χ0) is 24.6. The molecule has 10 heteroatoms. The molecule has 34 heavy (non-hydrogen) atoms. The Morgan fingerprint density at radius 3 is 2.29 bits per heavy atom. The minimum Gasteiger partial charge on any atom is -0.345 e. The topological polar surface area (TPSA) is 108 Å². The fourth-order valence-corrected chi connectivity index (χ4v) is 3.62. The Morgan fingerprint density at radius 2 is 1.56 bits per heavy atom. The highest BCUT2D eigenvalue weighted by molar-refractivity contribution is 5.95. The van der Waals surface area contributed by atoms with E-state index in [-0.39, 0.29) is 17.1 Å². The number of allylic oxidation sites excluding steroid dienone is 2. The second-order valence-electron chi connectivity index (χ2n) is 8.24. The van der Waals surface area contributed by atoms with Crippen molar-refractivity contribution in [2.24, 2.45) is 15.5 Å². The summed E-state index contributed by atoms with van der Waals surface area (Å²) in [5, 5.41) is 13.9. The van der Waals surface area contributed by atoms with E-state index in [0.29, 0.717) is 11.4 Å². The van der Waals surface area contributed by atoms with Gasteiger partial charge in [0.25, 0.3) is 0 Å². The summed E-state index contributed by atoms with van der Waals surface area (Å²) in [5.74, 6) is -1.23. The fourth-order valence-electron chi connectivity index (χ4n) is 3.62. The summed E-state index contributed by atoms with van der Waals surface area (Å²) in [7, 11) is 0. The van der Waals surface area contributed by atoms with Gasteiger partial charge in [0.2, 0.25) is 11.0 Å². The molecule has 174 valence electrons. The summed E-state index contributed by atoms with van der Waals surface area (Å²) in [4.78, 5) is 34.9. The van der Waals surface area contributed by atoms with E-state index in [1.807, 2.05) is 64.1 Å². The third-order valence-electron chi connectivity index (χ3n) is 5.49. The van der Waals surface area contributed by atoms with E-state index in [0.717, 1.165) is 27.9 Å². The van der Waals surface area contributed by atoms with Crippen molar-refractivity contribution in [1.82, 2.24) is 5.59 Å². The van der Waals surface area contributed by atoms with Gasteiger partial charge in [-0.2, -0.15) is 5.11 Å². The second-order valence-corrected chi connectivity index (χ2v) is 8.24. The molecule has 0 spiro atoms. The van der Waals surface area contributed by atoms with Crippen LogP contribution in [0.5, 0.6) is 0 Å². The Balaban J connectivity index is 1.72. The van der Waals surface area contributed by atoms with Crippen LogP contribution in [0.15, 0.2) is 74.7 Å². The van der Waals surface area contributed by atoms with Gasteiger partial charge in [-0.1, -0.05) is 29.9 Å². The number of hydrogen-bond donors (Lipinski definition) is 1. The van der Waals surface area contributed by atoms with Crippen molar-refractivity contribution in [2.75, 3.05) is 5.01 Å². The summed E-state index contributed by atoms with van der Waals surface area (Å²) in [6, 6.07) is 11.7. The molecular formula is C24H25N6O4+. The number of anilines is 1. The quantitative estimate of drug-likeness (QED) is 0.395. The van der Waals surface area contributed by atoms with Crippen LogP contribution in [0.25, 0.3) is 0 Å². The number of nitrogens with one attached hydrogen (secondary N) is 1. The van der Waals surface area contributed by atoms with Gasteiger partial charge in [0.15, 0.2) is 5.70 Å². The molecular weight excluding hydrogens is 436 g/mol. The number of azo groups is 1. The van der Waals surface area contributed by atoms with Gasteiger partial charge in [0.05, 0.1) is 11.4 Å². The molecule has 0 saturated carbocycles. The first-order valence-electron chi connectivity index (χ1n) is 10.6. The number of aryl methyl sites for hydroxylation is 4.